The summed E-state index contributed by atoms with van der Waals surface area (Å²) in [5.41, 5.74) is 0.322. The highest BCUT2D eigenvalue weighted by molar-refractivity contribution is 6.69. The predicted molar refractivity (Wildman–Crippen MR) is 86.7 cm³/mol. The molecule has 6 nitrogen and oxygen atoms in total. The van der Waals surface area contributed by atoms with Crippen LogP contribution in [0.4, 0.5) is 0 Å². The lowest BCUT2D eigenvalue weighted by atomic mass is 10.4. The number of ether oxygens (including phenoxy) is 4. The van der Waals surface area contributed by atoms with Gasteiger partial charge in [0.2, 0.25) is 6.29 Å². The number of esters is 1. The van der Waals surface area contributed by atoms with Crippen molar-refractivity contribution in [3.8, 4) is 0 Å². The van der Waals surface area contributed by atoms with E-state index in [0.29, 0.717) is 18.8 Å². The first-order valence-electron chi connectivity index (χ1n) is 7.44. The molecule has 3 atom stereocenters. The van der Waals surface area contributed by atoms with Gasteiger partial charge in [-0.15, -0.1) is 0 Å². The van der Waals surface area contributed by atoms with Gasteiger partial charge >= 0.3 is 5.97 Å². The van der Waals surface area contributed by atoms with Gasteiger partial charge in [0, 0.05) is 5.57 Å². The van der Waals surface area contributed by atoms with Gasteiger partial charge in [0.15, 0.2) is 20.9 Å². The van der Waals surface area contributed by atoms with Gasteiger partial charge in [0.05, 0.1) is 13.2 Å². The number of hydrogen-bond donors (Lipinski definition) is 0. The maximum atomic E-state index is 11.3. The van der Waals surface area contributed by atoms with Crippen molar-refractivity contribution in [2.45, 2.75) is 66.2 Å². The molecule has 0 saturated carbocycles. The van der Waals surface area contributed by atoms with Crippen LogP contribution < -0.4 is 0 Å². The lowest BCUT2D eigenvalue weighted by molar-refractivity contribution is -0.274. The molecule has 0 bridgehead atoms. The molecule has 22 heavy (non-hydrogen) atoms. The molecule has 0 rings (SSSR count). The zero-order valence-corrected chi connectivity index (χ0v) is 15.8. The fraction of sp³-hybridized carbons (Fsp3) is 0.800. The summed E-state index contributed by atoms with van der Waals surface area (Å²) < 4.78 is 27.0. The van der Waals surface area contributed by atoms with Gasteiger partial charge in [-0.05, 0) is 47.3 Å². The van der Waals surface area contributed by atoms with Crippen LogP contribution in [0, 0.1) is 0 Å². The molecule has 0 aromatic heterocycles. The monoisotopic (exact) mass is 334 g/mol. The molecule has 0 aliphatic heterocycles. The van der Waals surface area contributed by atoms with Gasteiger partial charge in [-0.1, -0.05) is 6.58 Å². The number of carbonyl (C=O) groups is 1. The minimum Gasteiger partial charge on any atom is -0.433 e. The zero-order chi connectivity index (χ0) is 17.3. The first-order valence-corrected chi connectivity index (χ1v) is 10.8. The molecule has 3 unspecified atom stereocenters. The van der Waals surface area contributed by atoms with E-state index in [-0.39, 0.29) is 0 Å². The van der Waals surface area contributed by atoms with Gasteiger partial charge in [0.25, 0.3) is 0 Å². The van der Waals surface area contributed by atoms with E-state index in [1.807, 2.05) is 0 Å². The van der Waals surface area contributed by atoms with Crippen molar-refractivity contribution in [1.29, 1.82) is 0 Å². The normalized spacial score (nSPS) is 16.0. The van der Waals surface area contributed by atoms with E-state index in [1.165, 1.54) is 0 Å². The molecule has 0 aliphatic rings. The second-order valence-corrected chi connectivity index (χ2v) is 10.5. The first kappa shape index (κ1) is 21.3. The third-order valence-electron chi connectivity index (χ3n) is 2.36. The van der Waals surface area contributed by atoms with Gasteiger partial charge in [-0.2, -0.15) is 0 Å². The van der Waals surface area contributed by atoms with Crippen LogP contribution in [0.5, 0.6) is 0 Å². The summed E-state index contributed by atoms with van der Waals surface area (Å²) in [6.45, 7) is 17.6. The van der Waals surface area contributed by atoms with Crippen molar-refractivity contribution in [1.82, 2.24) is 0 Å². The Morgan fingerprint density at radius 1 is 1.00 bits per heavy atom. The highest BCUT2D eigenvalue weighted by Gasteiger charge is 2.17. The summed E-state index contributed by atoms with van der Waals surface area (Å²) in [5.74, 6) is -0.493. The molecule has 0 heterocycles. The van der Waals surface area contributed by atoms with Crippen molar-refractivity contribution < 1.29 is 28.2 Å². The Hall–Kier alpha value is -0.733. The van der Waals surface area contributed by atoms with Crippen molar-refractivity contribution in [2.75, 3.05) is 13.2 Å². The lowest BCUT2D eigenvalue weighted by Crippen LogP contribution is -2.30. The van der Waals surface area contributed by atoms with E-state index in [1.54, 1.807) is 27.7 Å². The van der Waals surface area contributed by atoms with E-state index in [0.717, 1.165) is 0 Å². The number of rotatable bonds is 11. The van der Waals surface area contributed by atoms with Crippen LogP contribution in [0.25, 0.3) is 0 Å². The summed E-state index contributed by atoms with van der Waals surface area (Å²) in [5, 5.41) is 0. The van der Waals surface area contributed by atoms with E-state index in [2.05, 4.69) is 26.2 Å². The maximum Gasteiger partial charge on any atom is 0.335 e. The Labute approximate surface area is 134 Å². The maximum absolute atomic E-state index is 11.3. The Bertz CT molecular complexity index is 352. The lowest BCUT2D eigenvalue weighted by Gasteiger charge is -2.23. The average molecular weight is 334 g/mol. The fourth-order valence-electron chi connectivity index (χ4n) is 1.45. The summed E-state index contributed by atoms with van der Waals surface area (Å²) in [6.07, 6.45) is -1.73. The van der Waals surface area contributed by atoms with Crippen LogP contribution >= 0.6 is 0 Å². The van der Waals surface area contributed by atoms with E-state index < -0.39 is 33.2 Å². The van der Waals surface area contributed by atoms with Crippen molar-refractivity contribution in [3.63, 3.8) is 0 Å². The highest BCUT2D eigenvalue weighted by atomic mass is 28.4. The number of carbonyl (C=O) groups excluding carboxylic acids is 1. The summed E-state index contributed by atoms with van der Waals surface area (Å²) in [7, 11) is -1.51. The van der Waals surface area contributed by atoms with Crippen LogP contribution in [-0.2, 0) is 28.2 Å². The van der Waals surface area contributed by atoms with Crippen LogP contribution in [-0.4, -0.2) is 46.4 Å². The molecule has 130 valence electrons. The largest absolute Gasteiger partial charge is 0.433 e. The van der Waals surface area contributed by atoms with Crippen LogP contribution in [0.15, 0.2) is 12.2 Å². The molecule has 0 aromatic rings. The third kappa shape index (κ3) is 11.9. The molecular weight excluding hydrogens is 304 g/mol. The van der Waals surface area contributed by atoms with Gasteiger partial charge in [-0.25, -0.2) is 4.79 Å². The molecule has 0 aromatic carbocycles. The summed E-state index contributed by atoms with van der Waals surface area (Å²) in [4.78, 5) is 11.3. The molecule has 0 fully saturated rings. The standard InChI is InChI=1S/C15H30O6Si/c1-11(2)15(16)21-14(5)20-13(4)19-12(3)17-9-10-18-22(6,7)8/h12-14H,1,9-10H2,2-8H3. The quantitative estimate of drug-likeness (QED) is 0.190. The minimum absolute atomic E-state index is 0.322. The minimum atomic E-state index is -1.51. The Kier molecular flexibility index (Phi) is 9.78. The molecule has 0 N–H and O–H groups in total. The second kappa shape index (κ2) is 10.1. The van der Waals surface area contributed by atoms with Crippen molar-refractivity contribution >= 4 is 14.3 Å². The summed E-state index contributed by atoms with van der Waals surface area (Å²) in [6, 6.07) is 0. The van der Waals surface area contributed by atoms with Crippen LogP contribution in [0.2, 0.25) is 19.6 Å². The molecule has 0 saturated heterocycles. The average Bonchev–Trinajstić information content (AvgIpc) is 2.32. The first-order chi connectivity index (χ1) is 10.0. The van der Waals surface area contributed by atoms with Crippen molar-refractivity contribution in [2.24, 2.45) is 0 Å². The highest BCUT2D eigenvalue weighted by Crippen LogP contribution is 2.08. The Morgan fingerprint density at radius 2 is 1.55 bits per heavy atom. The van der Waals surface area contributed by atoms with E-state index >= 15 is 0 Å². The molecular formula is C15H30O6Si. The van der Waals surface area contributed by atoms with Crippen LogP contribution in [0.1, 0.15) is 27.7 Å². The molecule has 0 radical (unpaired) electrons. The molecule has 0 spiro atoms. The predicted octanol–water partition coefficient (Wildman–Crippen LogP) is 3.05. The van der Waals surface area contributed by atoms with E-state index in [4.69, 9.17) is 23.4 Å². The Balaban J connectivity index is 3.88. The van der Waals surface area contributed by atoms with Crippen molar-refractivity contribution in [3.05, 3.63) is 12.2 Å². The van der Waals surface area contributed by atoms with E-state index in [9.17, 15) is 4.79 Å². The fourth-order valence-corrected chi connectivity index (χ4v) is 2.15. The third-order valence-corrected chi connectivity index (χ3v) is 3.43. The SMILES string of the molecule is C=C(C)C(=O)OC(C)OC(C)OC(C)OCCO[Si](C)(C)C. The molecule has 7 heteroatoms. The van der Waals surface area contributed by atoms with Gasteiger partial charge in [-0.3, -0.25) is 0 Å². The van der Waals surface area contributed by atoms with Gasteiger partial charge < -0.3 is 23.4 Å². The summed E-state index contributed by atoms with van der Waals surface area (Å²) >= 11 is 0. The smallest absolute Gasteiger partial charge is 0.335 e. The Morgan fingerprint density at radius 3 is 2.05 bits per heavy atom. The molecule has 0 aliphatic carbocycles. The number of hydrogen-bond acceptors (Lipinski definition) is 6. The van der Waals surface area contributed by atoms with Gasteiger partial charge in [0.1, 0.15) is 0 Å². The topological polar surface area (TPSA) is 63.2 Å². The molecule has 0 amide bonds. The van der Waals surface area contributed by atoms with Crippen LogP contribution in [0.3, 0.4) is 0 Å². The zero-order valence-electron chi connectivity index (χ0n) is 14.8. The second-order valence-electron chi connectivity index (χ2n) is 5.99.